The molecule has 0 spiro atoms. The first-order valence-corrected chi connectivity index (χ1v) is 11.0. The number of aromatic hydroxyl groups is 1. The average molecular weight is 430 g/mol. The molecule has 1 heterocycles. The molecule has 0 saturated heterocycles. The first-order chi connectivity index (χ1) is 15.0. The summed E-state index contributed by atoms with van der Waals surface area (Å²) in [6, 6.07) is 19.4. The maximum atomic E-state index is 11.2. The Kier molecular flexibility index (Phi) is 5.45. The Labute approximate surface area is 189 Å². The van der Waals surface area contributed by atoms with E-state index in [1.54, 1.807) is 0 Å². The lowest BCUT2D eigenvalue weighted by atomic mass is 9.72. The summed E-state index contributed by atoms with van der Waals surface area (Å²) < 4.78 is 6.15. The second kappa shape index (κ2) is 7.97. The smallest absolute Gasteiger partial charge is 0.186 e. The van der Waals surface area contributed by atoms with Crippen LogP contribution in [0, 0.1) is 12.3 Å². The van der Waals surface area contributed by atoms with Crippen LogP contribution in [0.15, 0.2) is 60.7 Å². The number of benzene rings is 3. The molecule has 5 heteroatoms. The van der Waals surface area contributed by atoms with Gasteiger partial charge in [-0.1, -0.05) is 64.4 Å². The third-order valence-corrected chi connectivity index (χ3v) is 5.56. The SMILES string of the molecule is Cc1ccc(Oc2cc(C(C)(C)CC(C)(C)C)cc(-n3nc4ccccc4n3)c2O)cc1. The quantitative estimate of drug-likeness (QED) is 0.373. The van der Waals surface area contributed by atoms with Crippen molar-refractivity contribution in [1.82, 2.24) is 15.0 Å². The molecule has 0 unspecified atom stereocenters. The molecule has 4 rings (SSSR count). The van der Waals surface area contributed by atoms with Gasteiger partial charge in [-0.2, -0.15) is 0 Å². The van der Waals surface area contributed by atoms with Crippen LogP contribution < -0.4 is 4.74 Å². The lowest BCUT2D eigenvalue weighted by molar-refractivity contribution is 0.283. The zero-order valence-electron chi connectivity index (χ0n) is 19.7. The molecular weight excluding hydrogens is 398 g/mol. The number of hydrogen-bond acceptors (Lipinski definition) is 4. The Hall–Kier alpha value is -3.34. The standard InChI is InChI=1S/C27H31N3O2/c1-18-11-13-20(14-12-18)32-24-16-19(27(5,6)17-26(2,3)4)15-23(25(24)31)30-28-21-9-7-8-10-22(21)29-30/h7-16,31H,17H2,1-6H3. The highest BCUT2D eigenvalue weighted by molar-refractivity contribution is 5.74. The molecule has 0 aliphatic heterocycles. The summed E-state index contributed by atoms with van der Waals surface area (Å²) in [6.07, 6.45) is 0.961. The molecule has 32 heavy (non-hydrogen) atoms. The lowest BCUT2D eigenvalue weighted by Gasteiger charge is -2.33. The van der Waals surface area contributed by atoms with Crippen LogP contribution in [0.2, 0.25) is 0 Å². The zero-order chi connectivity index (χ0) is 23.1. The molecule has 1 N–H and O–H groups in total. The van der Waals surface area contributed by atoms with Crippen molar-refractivity contribution in [3.8, 4) is 22.9 Å². The van der Waals surface area contributed by atoms with Gasteiger partial charge in [-0.25, -0.2) is 0 Å². The van der Waals surface area contributed by atoms with Crippen molar-refractivity contribution in [3.05, 3.63) is 71.8 Å². The predicted octanol–water partition coefficient (Wildman–Crippen LogP) is 6.94. The van der Waals surface area contributed by atoms with Crippen LogP contribution in [0.5, 0.6) is 17.2 Å². The lowest BCUT2D eigenvalue weighted by Crippen LogP contribution is -2.25. The van der Waals surface area contributed by atoms with Gasteiger partial charge in [0.1, 0.15) is 22.5 Å². The van der Waals surface area contributed by atoms with Crippen molar-refractivity contribution in [2.24, 2.45) is 5.41 Å². The van der Waals surface area contributed by atoms with Crippen molar-refractivity contribution >= 4 is 11.0 Å². The molecule has 4 aromatic rings. The predicted molar refractivity (Wildman–Crippen MR) is 129 cm³/mol. The molecule has 3 aromatic carbocycles. The molecule has 1 aromatic heterocycles. The summed E-state index contributed by atoms with van der Waals surface area (Å²) in [7, 11) is 0. The van der Waals surface area contributed by atoms with Gasteiger partial charge in [0.05, 0.1) is 0 Å². The highest BCUT2D eigenvalue weighted by atomic mass is 16.5. The van der Waals surface area contributed by atoms with E-state index in [2.05, 4.69) is 44.8 Å². The fraction of sp³-hybridized carbons (Fsp3) is 0.333. The summed E-state index contributed by atoms with van der Waals surface area (Å²) in [5.74, 6) is 1.08. The topological polar surface area (TPSA) is 60.2 Å². The van der Waals surface area contributed by atoms with Crippen molar-refractivity contribution in [1.29, 1.82) is 0 Å². The average Bonchev–Trinajstić information content (AvgIpc) is 3.13. The van der Waals surface area contributed by atoms with Crippen LogP contribution in [0.3, 0.4) is 0 Å². The largest absolute Gasteiger partial charge is 0.503 e. The number of hydrogen-bond donors (Lipinski definition) is 1. The summed E-state index contributed by atoms with van der Waals surface area (Å²) >= 11 is 0. The zero-order valence-corrected chi connectivity index (χ0v) is 19.7. The van der Waals surface area contributed by atoms with Crippen LogP contribution >= 0.6 is 0 Å². The molecule has 0 aliphatic rings. The molecule has 0 bridgehead atoms. The summed E-state index contributed by atoms with van der Waals surface area (Å²) in [4.78, 5) is 1.50. The molecule has 0 radical (unpaired) electrons. The van der Waals surface area contributed by atoms with E-state index in [0.717, 1.165) is 28.6 Å². The Bertz CT molecular complexity index is 1220. The number of phenols is 1. The molecule has 0 atom stereocenters. The van der Waals surface area contributed by atoms with E-state index >= 15 is 0 Å². The minimum Gasteiger partial charge on any atom is -0.503 e. The van der Waals surface area contributed by atoms with E-state index in [1.165, 1.54) is 4.80 Å². The summed E-state index contributed by atoms with van der Waals surface area (Å²) in [5, 5.41) is 20.4. The van der Waals surface area contributed by atoms with E-state index in [-0.39, 0.29) is 16.6 Å². The van der Waals surface area contributed by atoms with Gasteiger partial charge in [0.25, 0.3) is 0 Å². The molecule has 0 aliphatic carbocycles. The van der Waals surface area contributed by atoms with Gasteiger partial charge in [0.15, 0.2) is 11.5 Å². The first kappa shape index (κ1) is 21.9. The number of rotatable bonds is 5. The van der Waals surface area contributed by atoms with Crippen LogP contribution in [0.4, 0.5) is 0 Å². The van der Waals surface area contributed by atoms with Crippen LogP contribution in [-0.2, 0) is 5.41 Å². The monoisotopic (exact) mass is 429 g/mol. The third-order valence-electron chi connectivity index (χ3n) is 5.56. The van der Waals surface area contributed by atoms with E-state index in [1.807, 2.05) is 67.6 Å². The van der Waals surface area contributed by atoms with Gasteiger partial charge < -0.3 is 9.84 Å². The van der Waals surface area contributed by atoms with E-state index < -0.39 is 0 Å². The Morgan fingerprint density at radius 1 is 0.875 bits per heavy atom. The number of fused-ring (bicyclic) bond motifs is 1. The van der Waals surface area contributed by atoms with Gasteiger partial charge in [-0.15, -0.1) is 15.0 Å². The van der Waals surface area contributed by atoms with Gasteiger partial charge in [0, 0.05) is 0 Å². The molecule has 0 saturated carbocycles. The Morgan fingerprint density at radius 3 is 2.03 bits per heavy atom. The van der Waals surface area contributed by atoms with Crippen LogP contribution in [-0.4, -0.2) is 20.1 Å². The van der Waals surface area contributed by atoms with E-state index in [0.29, 0.717) is 17.2 Å². The number of aryl methyl sites for hydroxylation is 1. The van der Waals surface area contributed by atoms with Gasteiger partial charge in [0.2, 0.25) is 0 Å². The van der Waals surface area contributed by atoms with Gasteiger partial charge in [-0.3, -0.25) is 0 Å². The highest BCUT2D eigenvalue weighted by Crippen LogP contribution is 2.43. The molecule has 166 valence electrons. The fourth-order valence-electron chi connectivity index (χ4n) is 4.34. The van der Waals surface area contributed by atoms with Crippen molar-refractivity contribution < 1.29 is 9.84 Å². The number of phenolic OH excluding ortho intramolecular Hbond substituents is 1. The molecule has 0 fully saturated rings. The summed E-state index contributed by atoms with van der Waals surface area (Å²) in [5.41, 5.74) is 4.23. The highest BCUT2D eigenvalue weighted by Gasteiger charge is 2.30. The fourth-order valence-corrected chi connectivity index (χ4v) is 4.34. The van der Waals surface area contributed by atoms with Crippen molar-refractivity contribution in [2.75, 3.05) is 0 Å². The Balaban J connectivity index is 1.86. The number of ether oxygens (including phenoxy) is 1. The second-order valence-corrected chi connectivity index (χ2v) is 10.4. The molecular formula is C27H31N3O2. The minimum absolute atomic E-state index is 0.0150. The van der Waals surface area contributed by atoms with Crippen molar-refractivity contribution in [2.45, 2.75) is 53.4 Å². The van der Waals surface area contributed by atoms with Crippen molar-refractivity contribution in [3.63, 3.8) is 0 Å². The molecule has 5 nitrogen and oxygen atoms in total. The number of aromatic nitrogens is 3. The second-order valence-electron chi connectivity index (χ2n) is 10.4. The van der Waals surface area contributed by atoms with E-state index in [9.17, 15) is 5.11 Å². The minimum atomic E-state index is -0.154. The first-order valence-electron chi connectivity index (χ1n) is 11.0. The Morgan fingerprint density at radius 2 is 1.47 bits per heavy atom. The molecule has 0 amide bonds. The van der Waals surface area contributed by atoms with Crippen LogP contribution in [0.1, 0.15) is 52.2 Å². The van der Waals surface area contributed by atoms with Crippen LogP contribution in [0.25, 0.3) is 16.7 Å². The number of nitrogens with zero attached hydrogens (tertiary/aromatic N) is 3. The van der Waals surface area contributed by atoms with E-state index in [4.69, 9.17) is 4.74 Å². The summed E-state index contributed by atoms with van der Waals surface area (Å²) in [6.45, 7) is 13.2. The van der Waals surface area contributed by atoms with Gasteiger partial charge >= 0.3 is 0 Å². The maximum absolute atomic E-state index is 11.2. The normalized spacial score (nSPS) is 12.3. The third kappa shape index (κ3) is 4.62. The van der Waals surface area contributed by atoms with Gasteiger partial charge in [-0.05, 0) is 66.1 Å². The maximum Gasteiger partial charge on any atom is 0.186 e.